The van der Waals surface area contributed by atoms with Gasteiger partial charge in [-0.05, 0) is 61.1 Å². The van der Waals surface area contributed by atoms with Crippen molar-refractivity contribution in [2.45, 2.75) is 43.0 Å². The van der Waals surface area contributed by atoms with Gasteiger partial charge >= 0.3 is 0 Å². The van der Waals surface area contributed by atoms with Crippen LogP contribution in [-0.2, 0) is 11.2 Å². The van der Waals surface area contributed by atoms with Crippen LogP contribution in [0.25, 0.3) is 5.32 Å². The number of rotatable bonds is 4. The van der Waals surface area contributed by atoms with Crippen LogP contribution >= 0.6 is 11.8 Å². The van der Waals surface area contributed by atoms with Gasteiger partial charge in [-0.25, -0.2) is 9.37 Å². The number of benzene rings is 1. The number of thioether (sulfide) groups is 1. The summed E-state index contributed by atoms with van der Waals surface area (Å²) in [6.07, 6.45) is 4.92. The van der Waals surface area contributed by atoms with Crippen LogP contribution < -0.4 is 9.64 Å². The largest absolute Gasteiger partial charge is 0.585 e. The van der Waals surface area contributed by atoms with Crippen LogP contribution in [0.2, 0.25) is 0 Å². The number of piperidine rings is 1. The van der Waals surface area contributed by atoms with Crippen molar-refractivity contribution in [3.8, 4) is 5.75 Å². The molecule has 3 atom stereocenters. The number of carbonyl (C=O) groups excluding carboxylic acids is 2. The number of hydrogen-bond acceptors (Lipinski definition) is 6. The normalized spacial score (nSPS) is 25.1. The predicted molar refractivity (Wildman–Crippen MR) is 113 cm³/mol. The molecule has 0 spiro atoms. The summed E-state index contributed by atoms with van der Waals surface area (Å²) in [5, 5.41) is 2.78. The number of aryl methyl sites for hydroxylation is 1. The third-order valence-electron chi connectivity index (χ3n) is 5.99. The van der Waals surface area contributed by atoms with Gasteiger partial charge in [-0.3, -0.25) is 0 Å². The zero-order chi connectivity index (χ0) is 20.7. The molecule has 0 saturated carbocycles. The number of imide groups is 1. The minimum atomic E-state index is -0.388. The van der Waals surface area contributed by atoms with Crippen molar-refractivity contribution >= 4 is 28.7 Å². The molecule has 1 aromatic carbocycles. The Morgan fingerprint density at radius 2 is 2.06 bits per heavy atom. The number of halogens is 1. The molecule has 5 rings (SSSR count). The molecular weight excluding hydrogens is 662 g/mol. The standard InChI is InChI=1S/C22H22FN3O3S.Fm/c23-14-4-8-19(24-11-14)26-9-1-2-16(12-26)29-15-5-7-17-13(10-15)3-6-18(17)20-21(27)25-22(28)30-20;/h4-5,7-8,10-11,16,18,20H,1-3,6,9,12H2,(H,25,27,28);/p-1/t16-,18+,20?;/m0./s1. The number of amides is 2. The number of hydrogen-bond donors (Lipinski definition) is 0. The Bertz CT molecular complexity index is 990. The van der Waals surface area contributed by atoms with Crippen LogP contribution in [0.1, 0.15) is 36.3 Å². The summed E-state index contributed by atoms with van der Waals surface area (Å²) in [5.74, 6) is 0.978. The molecule has 2 saturated heterocycles. The van der Waals surface area contributed by atoms with Crippen molar-refractivity contribution < 1.29 is 18.7 Å². The number of anilines is 1. The molecule has 2 amide bonds. The van der Waals surface area contributed by atoms with E-state index in [-0.39, 0.29) is 34.2 Å². The first kappa shape index (κ1) is 20.7. The first-order chi connectivity index (χ1) is 14.6. The Kier molecular flexibility index (Phi) is 5.50. The van der Waals surface area contributed by atoms with Gasteiger partial charge < -0.3 is 24.5 Å². The van der Waals surface area contributed by atoms with E-state index in [9.17, 15) is 14.0 Å². The van der Waals surface area contributed by atoms with E-state index in [1.54, 1.807) is 6.07 Å². The molecular formula is C22H21FFmN3O3S-. The van der Waals surface area contributed by atoms with Crippen LogP contribution in [-0.4, -0.2) is 40.6 Å². The molecule has 31 heavy (non-hydrogen) atoms. The van der Waals surface area contributed by atoms with Crippen LogP contribution in [0.4, 0.5) is 15.0 Å². The van der Waals surface area contributed by atoms with E-state index in [0.29, 0.717) is 6.54 Å². The second kappa shape index (κ2) is 8.26. The molecule has 0 bridgehead atoms. The molecule has 1 aliphatic carbocycles. The monoisotopic (exact) mass is 683 g/mol. The van der Waals surface area contributed by atoms with Gasteiger partial charge in [0.05, 0.1) is 23.9 Å². The maximum Gasteiger partial charge on any atom is 0.141 e. The average Bonchev–Trinajstić information content (AvgIpc) is 3.30. The van der Waals surface area contributed by atoms with Crippen LogP contribution in [0.15, 0.2) is 36.5 Å². The summed E-state index contributed by atoms with van der Waals surface area (Å²) in [4.78, 5) is 29.8. The molecule has 2 aliphatic heterocycles. The molecule has 9 heteroatoms. The Morgan fingerprint density at radius 3 is 2.81 bits per heavy atom. The summed E-state index contributed by atoms with van der Waals surface area (Å²) in [6, 6.07) is 9.18. The van der Waals surface area contributed by atoms with E-state index < -0.39 is 0 Å². The van der Waals surface area contributed by atoms with Gasteiger partial charge in [0.2, 0.25) is 0 Å². The number of ether oxygens (including phenoxy) is 1. The number of fused-ring (bicyclic) bond motifs is 1. The number of carbonyl (C=O) groups is 2. The first-order valence-corrected chi connectivity index (χ1v) is 11.1. The smallest absolute Gasteiger partial charge is 0.141 e. The molecule has 3 heterocycles. The Morgan fingerprint density at radius 1 is 1.19 bits per heavy atom. The van der Waals surface area contributed by atoms with Crippen molar-refractivity contribution in [2.24, 2.45) is 0 Å². The molecule has 0 N–H and O–H groups in total. The van der Waals surface area contributed by atoms with Gasteiger partial charge in [0.15, 0.2) is 0 Å². The van der Waals surface area contributed by atoms with Crippen molar-refractivity contribution in [1.29, 1.82) is 0 Å². The fourth-order valence-corrected chi connectivity index (χ4v) is 5.56. The molecule has 3 aliphatic rings. The fourth-order valence-electron chi connectivity index (χ4n) is 4.60. The molecule has 168 valence electrons. The molecule has 0 radical (unpaired) electrons. The van der Waals surface area contributed by atoms with Gasteiger partial charge in [0.1, 0.15) is 28.7 Å². The van der Waals surface area contributed by atoms with Gasteiger partial charge in [0.25, 0.3) is 0 Å². The van der Waals surface area contributed by atoms with Crippen LogP contribution in [0, 0.1) is 5.82 Å². The topological polar surface area (TPSA) is 73.6 Å². The second-order valence-corrected chi connectivity index (χ2v) is 9.02. The van der Waals surface area contributed by atoms with Crippen LogP contribution in [0.5, 0.6) is 5.75 Å². The number of pyridine rings is 1. The summed E-state index contributed by atoms with van der Waals surface area (Å²) in [7, 11) is 0. The maximum absolute atomic E-state index is 13.1. The van der Waals surface area contributed by atoms with Crippen LogP contribution in [0.3, 0.4) is 0 Å². The summed E-state index contributed by atoms with van der Waals surface area (Å²) in [6.45, 7) is 1.58. The summed E-state index contributed by atoms with van der Waals surface area (Å²) in [5.41, 5.74) is 2.30. The van der Waals surface area contributed by atoms with Gasteiger partial charge in [-0.15, -0.1) is 0 Å². The van der Waals surface area contributed by atoms with E-state index in [1.165, 1.54) is 17.8 Å². The summed E-state index contributed by atoms with van der Waals surface area (Å²) < 4.78 is 19.4. The zero-order valence-electron chi connectivity index (χ0n) is 16.6. The Balaban J connectivity index is 0.00000231. The molecule has 2 aromatic rings. The van der Waals surface area contributed by atoms with E-state index in [2.05, 4.69) is 21.3 Å². The molecule has 1 unspecified atom stereocenters. The summed E-state index contributed by atoms with van der Waals surface area (Å²) >= 11 is 1.04. The van der Waals surface area contributed by atoms with Crippen molar-refractivity contribution in [3.05, 3.63) is 58.8 Å². The first-order valence-electron chi connectivity index (χ1n) is 10.2. The third kappa shape index (κ3) is 4.03. The quantitative estimate of drug-likeness (QED) is 0.475. The van der Waals surface area contributed by atoms with E-state index in [0.717, 1.165) is 61.1 Å². The van der Waals surface area contributed by atoms with Crippen molar-refractivity contribution in [1.82, 2.24) is 4.98 Å². The molecule has 2 fully saturated rings. The second-order valence-electron chi connectivity index (χ2n) is 7.92. The third-order valence-corrected chi connectivity index (χ3v) is 7.07. The average molecular weight is 683 g/mol. The predicted octanol–water partition coefficient (Wildman–Crippen LogP) is 4.43. The van der Waals surface area contributed by atoms with E-state index >= 15 is 0 Å². The number of nitrogens with zero attached hydrogens (tertiary/aromatic N) is 3. The molecule has 6 nitrogen and oxygen atoms in total. The van der Waals surface area contributed by atoms with Gasteiger partial charge in [-0.1, -0.05) is 17.8 Å². The molecule has 1 aromatic heterocycles. The Labute approximate surface area is 178 Å². The zero-order valence-corrected chi connectivity index (χ0v) is 19.8. The SMILES string of the molecule is O=C1[N-]C(=O)C([C@@H]2CCc3cc(O[C@H]4CCCN(c5ccc(F)cn5)C4)ccc32)S1.[Fm]. The minimum Gasteiger partial charge on any atom is -0.585 e. The van der Waals surface area contributed by atoms with Crippen molar-refractivity contribution in [2.75, 3.05) is 18.0 Å². The Hall–Kier alpha value is -3.61. The maximum atomic E-state index is 13.1. The van der Waals surface area contributed by atoms with E-state index in [1.807, 2.05) is 12.1 Å². The number of aromatic nitrogens is 1. The minimum absolute atomic E-state index is 0. The van der Waals surface area contributed by atoms with Gasteiger partial charge in [0, 0.05) is 12.5 Å². The van der Waals surface area contributed by atoms with Crippen molar-refractivity contribution in [3.63, 3.8) is 0 Å². The van der Waals surface area contributed by atoms with E-state index in [4.69, 9.17) is 4.74 Å². The van der Waals surface area contributed by atoms with Gasteiger partial charge in [-0.2, -0.15) is 0 Å². The fraction of sp³-hybridized carbons (Fsp3) is 0.409.